The van der Waals surface area contributed by atoms with E-state index in [2.05, 4.69) is 27.8 Å². The summed E-state index contributed by atoms with van der Waals surface area (Å²) in [6.07, 6.45) is 1.82. The number of aromatic nitrogens is 1. The highest BCUT2D eigenvalue weighted by Crippen LogP contribution is 2.28. The number of aryl methyl sites for hydroxylation is 2. The predicted molar refractivity (Wildman–Crippen MR) is 114 cm³/mol. The van der Waals surface area contributed by atoms with Gasteiger partial charge in [0.25, 0.3) is 5.91 Å². The fourth-order valence-corrected chi connectivity index (χ4v) is 3.77. The summed E-state index contributed by atoms with van der Waals surface area (Å²) >= 11 is 1.49. The van der Waals surface area contributed by atoms with E-state index in [0.29, 0.717) is 12.2 Å². The first kappa shape index (κ1) is 19.8. The van der Waals surface area contributed by atoms with Gasteiger partial charge < -0.3 is 10.6 Å². The lowest BCUT2D eigenvalue weighted by Gasteiger charge is -2.04. The van der Waals surface area contributed by atoms with Gasteiger partial charge in [-0.3, -0.25) is 9.59 Å². The highest BCUT2D eigenvalue weighted by Gasteiger charge is 2.16. The summed E-state index contributed by atoms with van der Waals surface area (Å²) in [7, 11) is 0. The van der Waals surface area contributed by atoms with Gasteiger partial charge in [-0.25, -0.2) is 4.98 Å². The maximum atomic E-state index is 12.5. The Morgan fingerprint density at radius 1 is 1.04 bits per heavy atom. The maximum absolute atomic E-state index is 12.5. The fraction of sp³-hybridized carbons (Fsp3) is 0.227. The average molecular weight is 394 g/mol. The Bertz CT molecular complexity index is 950. The molecule has 0 spiro atoms. The first-order chi connectivity index (χ1) is 13.5. The van der Waals surface area contributed by atoms with Crippen molar-refractivity contribution in [1.29, 1.82) is 0 Å². The summed E-state index contributed by atoms with van der Waals surface area (Å²) in [6, 6.07) is 17.7. The minimum atomic E-state index is -0.136. The third-order valence-corrected chi connectivity index (χ3v) is 5.25. The second kappa shape index (κ2) is 9.28. The van der Waals surface area contributed by atoms with Crippen molar-refractivity contribution >= 4 is 28.8 Å². The molecular weight excluding hydrogens is 370 g/mol. The SMILES string of the molecule is CC(=O)Nc1ccc(-c2nc(C(=O)NCCCc3ccccc3)c(C)s2)cc1. The van der Waals surface area contributed by atoms with Crippen LogP contribution in [0.2, 0.25) is 0 Å². The second-order valence-electron chi connectivity index (χ2n) is 6.53. The predicted octanol–water partition coefficient (Wildman–Crippen LogP) is 4.44. The summed E-state index contributed by atoms with van der Waals surface area (Å²) in [5.74, 6) is -0.244. The van der Waals surface area contributed by atoms with Crippen molar-refractivity contribution in [3.63, 3.8) is 0 Å². The van der Waals surface area contributed by atoms with Gasteiger partial charge in [0.15, 0.2) is 0 Å². The maximum Gasteiger partial charge on any atom is 0.271 e. The number of carbonyl (C=O) groups excluding carboxylic acids is 2. The van der Waals surface area contributed by atoms with Crippen LogP contribution in [0.5, 0.6) is 0 Å². The second-order valence-corrected chi connectivity index (χ2v) is 7.73. The van der Waals surface area contributed by atoms with Crippen molar-refractivity contribution in [1.82, 2.24) is 10.3 Å². The molecule has 0 saturated heterocycles. The zero-order valence-corrected chi connectivity index (χ0v) is 16.8. The van der Waals surface area contributed by atoms with E-state index in [4.69, 9.17) is 0 Å². The summed E-state index contributed by atoms with van der Waals surface area (Å²) in [5, 5.41) is 6.49. The van der Waals surface area contributed by atoms with Crippen LogP contribution in [0.3, 0.4) is 0 Å². The number of thiazole rings is 1. The van der Waals surface area contributed by atoms with Crippen molar-refractivity contribution in [2.24, 2.45) is 0 Å². The standard InChI is InChI=1S/C22H23N3O2S/c1-15-20(21(27)23-14-6-9-17-7-4-3-5-8-17)25-22(28-15)18-10-12-19(13-11-18)24-16(2)26/h3-5,7-8,10-13H,6,9,14H2,1-2H3,(H,23,27)(H,24,26). The van der Waals surface area contributed by atoms with Crippen molar-refractivity contribution in [2.75, 3.05) is 11.9 Å². The van der Waals surface area contributed by atoms with Gasteiger partial charge in [0, 0.05) is 29.6 Å². The normalized spacial score (nSPS) is 10.5. The van der Waals surface area contributed by atoms with Crippen LogP contribution in [-0.2, 0) is 11.2 Å². The number of benzene rings is 2. The monoisotopic (exact) mass is 393 g/mol. The highest BCUT2D eigenvalue weighted by atomic mass is 32.1. The molecule has 3 aromatic rings. The van der Waals surface area contributed by atoms with E-state index >= 15 is 0 Å². The van der Waals surface area contributed by atoms with Crippen molar-refractivity contribution in [2.45, 2.75) is 26.7 Å². The number of anilines is 1. The number of hydrogen-bond acceptors (Lipinski definition) is 4. The highest BCUT2D eigenvalue weighted by molar-refractivity contribution is 7.15. The van der Waals surface area contributed by atoms with Crippen molar-refractivity contribution < 1.29 is 9.59 Å². The average Bonchev–Trinajstić information content (AvgIpc) is 3.08. The molecule has 2 amide bonds. The smallest absolute Gasteiger partial charge is 0.271 e. The lowest BCUT2D eigenvalue weighted by atomic mass is 10.1. The molecule has 0 aliphatic rings. The fourth-order valence-electron chi connectivity index (χ4n) is 2.85. The molecule has 144 valence electrons. The van der Waals surface area contributed by atoms with Gasteiger partial charge in [-0.15, -0.1) is 11.3 Å². The van der Waals surface area contributed by atoms with Crippen LogP contribution in [0.1, 0.15) is 34.3 Å². The molecule has 0 unspecified atom stereocenters. The Morgan fingerprint density at radius 2 is 1.75 bits per heavy atom. The van der Waals surface area contributed by atoms with Crippen molar-refractivity contribution in [3.05, 3.63) is 70.7 Å². The quantitative estimate of drug-likeness (QED) is 0.583. The van der Waals surface area contributed by atoms with Gasteiger partial charge in [0.1, 0.15) is 10.7 Å². The van der Waals surface area contributed by atoms with E-state index < -0.39 is 0 Å². The Labute approximate surface area is 168 Å². The first-order valence-corrected chi connectivity index (χ1v) is 10.0. The first-order valence-electron chi connectivity index (χ1n) is 9.20. The molecule has 28 heavy (non-hydrogen) atoms. The van der Waals surface area contributed by atoms with Crippen LogP contribution < -0.4 is 10.6 Å². The topological polar surface area (TPSA) is 71.1 Å². The summed E-state index contributed by atoms with van der Waals surface area (Å²) in [6.45, 7) is 4.00. The Hall–Kier alpha value is -2.99. The van der Waals surface area contributed by atoms with Gasteiger partial charge in [0.05, 0.1) is 0 Å². The number of carbonyl (C=O) groups is 2. The molecule has 2 N–H and O–H groups in total. The Balaban J connectivity index is 1.58. The molecule has 2 aromatic carbocycles. The molecular formula is C22H23N3O2S. The van der Waals surface area contributed by atoms with E-state index in [1.807, 2.05) is 49.4 Å². The number of rotatable bonds is 7. The minimum absolute atomic E-state index is 0.107. The lowest BCUT2D eigenvalue weighted by Crippen LogP contribution is -2.25. The van der Waals surface area contributed by atoms with E-state index in [0.717, 1.165) is 34.0 Å². The van der Waals surface area contributed by atoms with Crippen LogP contribution in [-0.4, -0.2) is 23.3 Å². The molecule has 0 aliphatic carbocycles. The van der Waals surface area contributed by atoms with Gasteiger partial charge in [-0.1, -0.05) is 30.3 Å². The van der Waals surface area contributed by atoms with Crippen LogP contribution in [0.4, 0.5) is 5.69 Å². The molecule has 5 nitrogen and oxygen atoms in total. The zero-order valence-electron chi connectivity index (χ0n) is 16.0. The van der Waals surface area contributed by atoms with Gasteiger partial charge in [-0.05, 0) is 49.6 Å². The number of nitrogens with one attached hydrogen (secondary N) is 2. The summed E-state index contributed by atoms with van der Waals surface area (Å²) in [4.78, 5) is 29.0. The lowest BCUT2D eigenvalue weighted by molar-refractivity contribution is -0.114. The van der Waals surface area contributed by atoms with E-state index in [-0.39, 0.29) is 11.8 Å². The molecule has 1 heterocycles. The molecule has 6 heteroatoms. The summed E-state index contributed by atoms with van der Waals surface area (Å²) < 4.78 is 0. The third-order valence-electron chi connectivity index (χ3n) is 4.23. The van der Waals surface area contributed by atoms with Crippen LogP contribution >= 0.6 is 11.3 Å². The van der Waals surface area contributed by atoms with Crippen molar-refractivity contribution in [3.8, 4) is 10.6 Å². The molecule has 0 bridgehead atoms. The zero-order chi connectivity index (χ0) is 19.9. The number of amides is 2. The number of nitrogens with zero attached hydrogens (tertiary/aromatic N) is 1. The Morgan fingerprint density at radius 3 is 2.43 bits per heavy atom. The summed E-state index contributed by atoms with van der Waals surface area (Å²) in [5.41, 5.74) is 3.41. The molecule has 0 aliphatic heterocycles. The van der Waals surface area contributed by atoms with Crippen LogP contribution in [0.25, 0.3) is 10.6 Å². The van der Waals surface area contributed by atoms with Crippen LogP contribution in [0.15, 0.2) is 54.6 Å². The molecule has 0 radical (unpaired) electrons. The molecule has 0 saturated carbocycles. The Kier molecular flexibility index (Phi) is 6.55. The molecule has 0 atom stereocenters. The van der Waals surface area contributed by atoms with E-state index in [1.54, 1.807) is 0 Å². The molecule has 1 aromatic heterocycles. The number of hydrogen-bond donors (Lipinski definition) is 2. The van der Waals surface area contributed by atoms with Gasteiger partial charge >= 0.3 is 0 Å². The third kappa shape index (κ3) is 5.27. The van der Waals surface area contributed by atoms with Gasteiger partial charge in [-0.2, -0.15) is 0 Å². The van der Waals surface area contributed by atoms with E-state index in [9.17, 15) is 9.59 Å². The molecule has 0 fully saturated rings. The van der Waals surface area contributed by atoms with Crippen LogP contribution in [0, 0.1) is 6.92 Å². The van der Waals surface area contributed by atoms with Gasteiger partial charge in [0.2, 0.25) is 5.91 Å². The largest absolute Gasteiger partial charge is 0.351 e. The van der Waals surface area contributed by atoms with E-state index in [1.165, 1.54) is 23.8 Å². The molecule has 3 rings (SSSR count). The minimum Gasteiger partial charge on any atom is -0.351 e.